The van der Waals surface area contributed by atoms with Crippen molar-refractivity contribution in [3.8, 4) is 11.5 Å². The second-order valence-electron chi connectivity index (χ2n) is 8.30. The van der Waals surface area contributed by atoms with E-state index in [1.165, 1.54) is 42.0 Å². The molecule has 0 amide bonds. The van der Waals surface area contributed by atoms with Crippen LogP contribution in [0.5, 0.6) is 11.5 Å². The van der Waals surface area contributed by atoms with E-state index in [1.54, 1.807) is 42.5 Å². The quantitative estimate of drug-likeness (QED) is 0.409. The molecule has 1 heterocycles. The van der Waals surface area contributed by atoms with Crippen LogP contribution in [-0.2, 0) is 33.3 Å². The molecule has 207 valence electrons. The summed E-state index contributed by atoms with van der Waals surface area (Å²) in [5.74, 6) is 2.75. The van der Waals surface area contributed by atoms with Gasteiger partial charge in [0.15, 0.2) is 0 Å². The molecular formula is C25H28ClCoN3O6S2. The Bertz CT molecular complexity index is 1640. The molecule has 0 spiro atoms. The standard InChI is InChI=1S/C24H25ClN3O6S2.CH3.Co/c1-27(35(4,29)30)20-9-6-8-19(16-20)26-13-14-28(21-10-5-7-18(25)15-21)36(31,32)22-11-12-23(33-2)24(17-22)34-3;;/h5-9,11-12,15-17,26H,14H2,1-4H3;1H3;. The van der Waals surface area contributed by atoms with E-state index >= 15 is 0 Å². The van der Waals surface area contributed by atoms with Crippen molar-refractivity contribution in [1.82, 2.24) is 0 Å². The van der Waals surface area contributed by atoms with Crippen LogP contribution in [0, 0.1) is 0 Å². The van der Waals surface area contributed by atoms with Crippen LogP contribution in [0.4, 0.5) is 17.1 Å². The number of hydrogen-bond donors (Lipinski definition) is 1. The Kier molecular flexibility index (Phi) is 8.01. The second-order valence-corrected chi connectivity index (χ2v) is 15.1. The number of fused-ring (bicyclic) bond motifs is 1. The fraction of sp³-hybridized carbons (Fsp3) is 0.240. The van der Waals surface area contributed by atoms with Gasteiger partial charge in [0.25, 0.3) is 0 Å². The summed E-state index contributed by atoms with van der Waals surface area (Å²) in [6.07, 6.45) is 1.13. The zero-order valence-corrected chi connectivity index (χ0v) is 24.8. The average Bonchev–Trinajstić information content (AvgIpc) is 2.88. The molecule has 0 atom stereocenters. The van der Waals surface area contributed by atoms with Crippen LogP contribution in [0.25, 0.3) is 0 Å². The van der Waals surface area contributed by atoms with E-state index < -0.39 is 33.3 Å². The Morgan fingerprint density at radius 3 is 2.34 bits per heavy atom. The minimum absolute atomic E-state index is 0.0410. The van der Waals surface area contributed by atoms with Gasteiger partial charge in [0, 0.05) is 0 Å². The van der Waals surface area contributed by atoms with Crippen molar-refractivity contribution in [1.29, 1.82) is 0 Å². The molecule has 4 rings (SSSR count). The van der Waals surface area contributed by atoms with Crippen molar-refractivity contribution in [2.75, 3.05) is 48.0 Å². The van der Waals surface area contributed by atoms with E-state index in [-0.39, 0.29) is 11.4 Å². The van der Waals surface area contributed by atoms with Crippen LogP contribution in [0.1, 0.15) is 0 Å². The Morgan fingerprint density at radius 2 is 1.68 bits per heavy atom. The first kappa shape index (κ1) is 28.2. The van der Waals surface area contributed by atoms with Crippen LogP contribution < -0.4 is 27.9 Å². The van der Waals surface area contributed by atoms with Crippen molar-refractivity contribution in [2.24, 2.45) is 0 Å². The first-order valence-corrected chi connectivity index (χ1v) is 16.8. The molecule has 38 heavy (non-hydrogen) atoms. The number of anilines is 3. The number of rotatable bonds is 8. The molecule has 0 aromatic heterocycles. The molecule has 0 unspecified atom stereocenters. The molecule has 1 aliphatic rings. The fourth-order valence-electron chi connectivity index (χ4n) is 3.81. The Hall–Kier alpha value is -2.77. The van der Waals surface area contributed by atoms with Gasteiger partial charge in [-0.25, -0.2) is 0 Å². The second kappa shape index (κ2) is 10.8. The maximum absolute atomic E-state index is 14.0. The molecule has 3 aromatic carbocycles. The molecule has 0 aliphatic carbocycles. The summed E-state index contributed by atoms with van der Waals surface area (Å²) in [7, 11) is -3.08. The van der Waals surface area contributed by atoms with E-state index in [2.05, 4.69) is 5.32 Å². The van der Waals surface area contributed by atoms with Crippen molar-refractivity contribution >= 4 is 57.8 Å². The zero-order valence-electron chi connectivity index (χ0n) is 21.4. The normalized spacial score (nSPS) is 14.6. The zero-order chi connectivity index (χ0) is 27.8. The van der Waals surface area contributed by atoms with E-state index in [9.17, 15) is 16.8 Å². The van der Waals surface area contributed by atoms with Gasteiger partial charge in [-0.3, -0.25) is 0 Å². The third-order valence-corrected chi connectivity index (χ3v) is 11.6. The number of ether oxygens (including phenoxy) is 2. The number of halogens is 1. The van der Waals surface area contributed by atoms with Gasteiger partial charge < -0.3 is 0 Å². The maximum atomic E-state index is 14.0. The molecule has 1 aliphatic heterocycles. The average molecular weight is 625 g/mol. The van der Waals surface area contributed by atoms with Gasteiger partial charge in [-0.05, 0) is 0 Å². The van der Waals surface area contributed by atoms with Gasteiger partial charge >= 0.3 is 233 Å². The Labute approximate surface area is 232 Å². The number of sulfonamides is 2. The van der Waals surface area contributed by atoms with Crippen molar-refractivity contribution in [3.05, 3.63) is 65.7 Å². The van der Waals surface area contributed by atoms with E-state index in [1.807, 2.05) is 11.9 Å². The summed E-state index contributed by atoms with van der Waals surface area (Å²) in [5, 5.41) is 3.79. The van der Waals surface area contributed by atoms with Crippen LogP contribution in [0.15, 0.2) is 65.6 Å². The number of nitrogens with zero attached hydrogens (tertiary/aromatic N) is 2. The van der Waals surface area contributed by atoms with Gasteiger partial charge in [-0.2, -0.15) is 0 Å². The number of methoxy groups -OCH3 is 2. The van der Waals surface area contributed by atoms with Crippen LogP contribution in [0.2, 0.25) is 10.9 Å². The molecule has 0 fully saturated rings. The van der Waals surface area contributed by atoms with Gasteiger partial charge in [0.1, 0.15) is 0 Å². The minimum atomic E-state index is -4.04. The van der Waals surface area contributed by atoms with Crippen LogP contribution in [-0.4, -0.2) is 55.5 Å². The molecule has 0 bridgehead atoms. The van der Waals surface area contributed by atoms with Crippen LogP contribution in [0.3, 0.4) is 0 Å². The van der Waals surface area contributed by atoms with Crippen LogP contribution >= 0.6 is 11.6 Å². The summed E-state index contributed by atoms with van der Waals surface area (Å²) < 4.78 is 66.7. The van der Waals surface area contributed by atoms with Crippen molar-refractivity contribution in [3.63, 3.8) is 0 Å². The summed E-state index contributed by atoms with van der Waals surface area (Å²) in [6.45, 7) is 0.0529. The molecule has 0 radical (unpaired) electrons. The monoisotopic (exact) mass is 624 g/mol. The van der Waals surface area contributed by atoms with Crippen molar-refractivity contribution < 1.29 is 39.5 Å². The molecule has 9 nitrogen and oxygen atoms in total. The van der Waals surface area contributed by atoms with E-state index in [0.29, 0.717) is 33.6 Å². The molecule has 0 saturated carbocycles. The fourth-order valence-corrected chi connectivity index (χ4v) is 8.16. The number of nitrogens with one attached hydrogen (secondary N) is 1. The third-order valence-electron chi connectivity index (χ3n) is 5.93. The molecule has 3 aromatic rings. The van der Waals surface area contributed by atoms with Gasteiger partial charge in [-0.15, -0.1) is 0 Å². The molecule has 1 N–H and O–H groups in total. The Morgan fingerprint density at radius 1 is 0.974 bits per heavy atom. The van der Waals surface area contributed by atoms with Gasteiger partial charge in [0.05, 0.1) is 0 Å². The first-order valence-electron chi connectivity index (χ1n) is 11.1. The van der Waals surface area contributed by atoms with Gasteiger partial charge in [0.2, 0.25) is 0 Å². The number of benzene rings is 3. The predicted molar refractivity (Wildman–Crippen MR) is 149 cm³/mol. The topological polar surface area (TPSA) is 105 Å². The summed E-state index contributed by atoms with van der Waals surface area (Å²) in [6, 6.07) is 16.6. The van der Waals surface area contributed by atoms with E-state index in [0.717, 1.165) is 15.3 Å². The predicted octanol–water partition coefficient (Wildman–Crippen LogP) is 3.50. The van der Waals surface area contributed by atoms with Crippen molar-refractivity contribution in [2.45, 2.75) is 10.8 Å². The first-order chi connectivity index (χ1) is 17.9. The Balaban J connectivity index is 1.79. The third kappa shape index (κ3) is 5.50. The molecule has 0 saturated heterocycles. The SMILES string of the molecule is COc1ccc(S(=O)(=O)N2C[C](Nc3cccc(N(C)S(C)(=O)=O)c3)=[Co]([CH3])[c]3ccc(Cl)cc32)cc1OC. The van der Waals surface area contributed by atoms with E-state index in [4.69, 9.17) is 21.1 Å². The number of hydrogen-bond acceptors (Lipinski definition) is 7. The molecular weight excluding hydrogens is 597 g/mol. The summed E-state index contributed by atoms with van der Waals surface area (Å²) in [5.41, 5.74) is 1.63. The summed E-state index contributed by atoms with van der Waals surface area (Å²) in [4.78, 5) is 0.0410. The summed E-state index contributed by atoms with van der Waals surface area (Å²) >= 11 is 5.37. The molecule has 13 heteroatoms. The van der Waals surface area contributed by atoms with Gasteiger partial charge in [-0.1, -0.05) is 0 Å².